The van der Waals surface area contributed by atoms with Crippen LogP contribution in [0.4, 0.5) is 8.78 Å². The van der Waals surface area contributed by atoms with Gasteiger partial charge in [0, 0.05) is 11.6 Å². The predicted octanol–water partition coefficient (Wildman–Crippen LogP) is 3.59. The van der Waals surface area contributed by atoms with Gasteiger partial charge in [0.05, 0.1) is 0 Å². The molecule has 1 nitrogen and oxygen atoms in total. The number of rotatable bonds is 2. The average molecular weight is 262 g/mol. The van der Waals surface area contributed by atoms with Crippen molar-refractivity contribution in [2.24, 2.45) is 5.73 Å². The van der Waals surface area contributed by atoms with Crippen LogP contribution in [0.1, 0.15) is 37.7 Å². The van der Waals surface area contributed by atoms with Crippen molar-refractivity contribution >= 4 is 12.4 Å². The molecule has 0 spiro atoms. The van der Waals surface area contributed by atoms with Crippen LogP contribution in [0.5, 0.6) is 0 Å². The monoisotopic (exact) mass is 261 g/mol. The molecule has 1 aliphatic rings. The van der Waals surface area contributed by atoms with Gasteiger partial charge in [-0.1, -0.05) is 25.3 Å². The van der Waals surface area contributed by atoms with Crippen LogP contribution in [0.15, 0.2) is 18.2 Å². The average Bonchev–Trinajstić information content (AvgIpc) is 2.23. The maximum atomic E-state index is 13.5. The first kappa shape index (κ1) is 14.4. The van der Waals surface area contributed by atoms with Gasteiger partial charge in [-0.15, -0.1) is 12.4 Å². The van der Waals surface area contributed by atoms with E-state index in [2.05, 4.69) is 0 Å². The summed E-state index contributed by atoms with van der Waals surface area (Å²) < 4.78 is 26.2. The summed E-state index contributed by atoms with van der Waals surface area (Å²) in [5, 5.41) is 0. The summed E-state index contributed by atoms with van der Waals surface area (Å²) in [4.78, 5) is 0. The maximum absolute atomic E-state index is 13.5. The van der Waals surface area contributed by atoms with Gasteiger partial charge < -0.3 is 5.73 Å². The van der Waals surface area contributed by atoms with Crippen molar-refractivity contribution in [2.75, 3.05) is 0 Å². The van der Waals surface area contributed by atoms with Crippen LogP contribution in [0.2, 0.25) is 0 Å². The molecule has 0 aliphatic heterocycles. The van der Waals surface area contributed by atoms with E-state index in [9.17, 15) is 8.78 Å². The number of hydrogen-bond donors (Lipinski definition) is 1. The van der Waals surface area contributed by atoms with Gasteiger partial charge in [-0.3, -0.25) is 0 Å². The van der Waals surface area contributed by atoms with Crippen LogP contribution in [0.3, 0.4) is 0 Å². The quantitative estimate of drug-likeness (QED) is 0.865. The summed E-state index contributed by atoms with van der Waals surface area (Å²) >= 11 is 0. The Morgan fingerprint density at radius 1 is 1.12 bits per heavy atom. The van der Waals surface area contributed by atoms with E-state index in [1.165, 1.54) is 18.6 Å². The van der Waals surface area contributed by atoms with Crippen molar-refractivity contribution in [2.45, 2.75) is 44.1 Å². The molecule has 96 valence electrons. The highest BCUT2D eigenvalue weighted by Crippen LogP contribution is 2.29. The van der Waals surface area contributed by atoms with Crippen LogP contribution in [0, 0.1) is 11.6 Å². The lowest BCUT2D eigenvalue weighted by atomic mass is 9.78. The fraction of sp³-hybridized carbons (Fsp3) is 0.538. The minimum absolute atomic E-state index is 0. The first-order valence-electron chi connectivity index (χ1n) is 5.82. The minimum Gasteiger partial charge on any atom is -0.325 e. The van der Waals surface area contributed by atoms with E-state index in [4.69, 9.17) is 5.73 Å². The Morgan fingerprint density at radius 3 is 2.35 bits per heavy atom. The fourth-order valence-electron chi connectivity index (χ4n) is 2.48. The van der Waals surface area contributed by atoms with E-state index < -0.39 is 11.6 Å². The molecule has 0 bridgehead atoms. The van der Waals surface area contributed by atoms with Crippen LogP contribution >= 0.6 is 12.4 Å². The second-order valence-corrected chi connectivity index (χ2v) is 4.84. The Bertz CT molecular complexity index is 376. The SMILES string of the molecule is Cl.NC1(Cc2ccc(F)cc2F)CCCCC1. The fourth-order valence-corrected chi connectivity index (χ4v) is 2.48. The molecule has 0 aromatic heterocycles. The van der Waals surface area contributed by atoms with Crippen molar-refractivity contribution < 1.29 is 8.78 Å². The van der Waals surface area contributed by atoms with Crippen molar-refractivity contribution in [3.63, 3.8) is 0 Å². The van der Waals surface area contributed by atoms with E-state index in [0.29, 0.717) is 12.0 Å². The normalized spacial score (nSPS) is 18.5. The zero-order valence-corrected chi connectivity index (χ0v) is 10.5. The number of benzene rings is 1. The van der Waals surface area contributed by atoms with Crippen LogP contribution in [-0.4, -0.2) is 5.54 Å². The first-order valence-corrected chi connectivity index (χ1v) is 5.82. The highest BCUT2D eigenvalue weighted by molar-refractivity contribution is 5.85. The van der Waals surface area contributed by atoms with Gasteiger partial charge in [-0.05, 0) is 30.9 Å². The third kappa shape index (κ3) is 3.65. The maximum Gasteiger partial charge on any atom is 0.129 e. The van der Waals surface area contributed by atoms with E-state index >= 15 is 0 Å². The summed E-state index contributed by atoms with van der Waals surface area (Å²) in [6.45, 7) is 0. The molecule has 1 saturated carbocycles. The zero-order valence-electron chi connectivity index (χ0n) is 9.72. The first-order chi connectivity index (χ1) is 7.59. The third-order valence-electron chi connectivity index (χ3n) is 3.41. The molecule has 0 amide bonds. The van der Waals surface area contributed by atoms with Crippen LogP contribution in [-0.2, 0) is 6.42 Å². The molecule has 0 heterocycles. The van der Waals surface area contributed by atoms with Crippen LogP contribution in [0.25, 0.3) is 0 Å². The van der Waals surface area contributed by atoms with Crippen molar-refractivity contribution in [1.82, 2.24) is 0 Å². The van der Waals surface area contributed by atoms with Gasteiger partial charge in [-0.2, -0.15) is 0 Å². The molecule has 0 unspecified atom stereocenters. The van der Waals surface area contributed by atoms with Gasteiger partial charge in [0.1, 0.15) is 11.6 Å². The predicted molar refractivity (Wildman–Crippen MR) is 67.3 cm³/mol. The summed E-state index contributed by atoms with van der Waals surface area (Å²) in [6.07, 6.45) is 5.82. The van der Waals surface area contributed by atoms with E-state index in [1.807, 2.05) is 0 Å². The van der Waals surface area contributed by atoms with Crippen LogP contribution < -0.4 is 5.73 Å². The van der Waals surface area contributed by atoms with Crippen molar-refractivity contribution in [3.05, 3.63) is 35.4 Å². The summed E-state index contributed by atoms with van der Waals surface area (Å²) in [5.74, 6) is -1.01. The van der Waals surface area contributed by atoms with E-state index in [1.54, 1.807) is 0 Å². The molecular weight excluding hydrogens is 244 g/mol. The highest BCUT2D eigenvalue weighted by atomic mass is 35.5. The Balaban J connectivity index is 0.00000144. The standard InChI is InChI=1S/C13H17F2N.ClH/c14-11-5-4-10(12(15)8-11)9-13(16)6-2-1-3-7-13;/h4-5,8H,1-3,6-7,9,16H2;1H. The zero-order chi connectivity index (χ0) is 11.6. The molecule has 17 heavy (non-hydrogen) atoms. The third-order valence-corrected chi connectivity index (χ3v) is 3.41. The smallest absolute Gasteiger partial charge is 0.129 e. The summed E-state index contributed by atoms with van der Waals surface area (Å²) in [5.41, 5.74) is 6.48. The van der Waals surface area contributed by atoms with Gasteiger partial charge in [0.2, 0.25) is 0 Å². The number of nitrogens with two attached hydrogens (primary N) is 1. The topological polar surface area (TPSA) is 26.0 Å². The van der Waals surface area contributed by atoms with Crippen molar-refractivity contribution in [3.8, 4) is 0 Å². The Morgan fingerprint density at radius 2 is 1.76 bits per heavy atom. The lowest BCUT2D eigenvalue weighted by Crippen LogP contribution is -2.43. The van der Waals surface area contributed by atoms with Crippen molar-refractivity contribution in [1.29, 1.82) is 0 Å². The van der Waals surface area contributed by atoms with E-state index in [0.717, 1.165) is 31.7 Å². The molecule has 0 atom stereocenters. The molecule has 1 aromatic carbocycles. The molecule has 0 radical (unpaired) electrons. The molecule has 1 aromatic rings. The highest BCUT2D eigenvalue weighted by Gasteiger charge is 2.28. The molecule has 0 saturated heterocycles. The van der Waals surface area contributed by atoms with Gasteiger partial charge in [0.15, 0.2) is 0 Å². The lowest BCUT2D eigenvalue weighted by Gasteiger charge is -2.33. The van der Waals surface area contributed by atoms with Gasteiger partial charge in [0.25, 0.3) is 0 Å². The second kappa shape index (κ2) is 5.78. The molecule has 4 heteroatoms. The second-order valence-electron chi connectivity index (χ2n) is 4.84. The Labute approximate surface area is 107 Å². The molecule has 2 rings (SSSR count). The summed E-state index contributed by atoms with van der Waals surface area (Å²) in [6, 6.07) is 3.74. The number of halogens is 3. The van der Waals surface area contributed by atoms with Gasteiger partial charge in [-0.25, -0.2) is 8.78 Å². The lowest BCUT2D eigenvalue weighted by molar-refractivity contribution is 0.291. The molecular formula is C13H18ClF2N. The summed E-state index contributed by atoms with van der Waals surface area (Å²) in [7, 11) is 0. The molecule has 1 aliphatic carbocycles. The van der Waals surface area contributed by atoms with E-state index in [-0.39, 0.29) is 17.9 Å². The Hall–Kier alpha value is -0.670. The number of hydrogen-bond acceptors (Lipinski definition) is 1. The minimum atomic E-state index is -0.532. The largest absolute Gasteiger partial charge is 0.325 e. The Kier molecular flexibility index (Phi) is 4.90. The molecule has 2 N–H and O–H groups in total. The molecule has 1 fully saturated rings. The van der Waals surface area contributed by atoms with Gasteiger partial charge >= 0.3 is 0 Å².